The molecule has 0 aliphatic carbocycles. The van der Waals surface area contributed by atoms with Crippen LogP contribution in [0.15, 0.2) is 30.3 Å². The summed E-state index contributed by atoms with van der Waals surface area (Å²) < 4.78 is 0. The average Bonchev–Trinajstić information content (AvgIpc) is 2.30. The Morgan fingerprint density at radius 3 is 2.76 bits per heavy atom. The molecule has 1 saturated heterocycles. The SMILES string of the molecule is CC1CNCC(NC(=O)Nc2ccccc2)C1. The van der Waals surface area contributed by atoms with Crippen LogP contribution < -0.4 is 16.0 Å². The van der Waals surface area contributed by atoms with Crippen LogP contribution in [0.2, 0.25) is 0 Å². The highest BCUT2D eigenvalue weighted by Gasteiger charge is 2.19. The van der Waals surface area contributed by atoms with Gasteiger partial charge in [-0.15, -0.1) is 0 Å². The first-order valence-corrected chi connectivity index (χ1v) is 6.07. The molecule has 0 saturated carbocycles. The average molecular weight is 233 g/mol. The number of nitrogens with one attached hydrogen (secondary N) is 3. The Kier molecular flexibility index (Phi) is 3.98. The van der Waals surface area contributed by atoms with Gasteiger partial charge in [-0.3, -0.25) is 0 Å². The highest BCUT2D eigenvalue weighted by Crippen LogP contribution is 2.10. The fourth-order valence-electron chi connectivity index (χ4n) is 2.14. The molecule has 0 bridgehead atoms. The molecule has 17 heavy (non-hydrogen) atoms. The van der Waals surface area contributed by atoms with Gasteiger partial charge in [0.15, 0.2) is 0 Å². The van der Waals surface area contributed by atoms with Crippen LogP contribution in [0.1, 0.15) is 13.3 Å². The van der Waals surface area contributed by atoms with Crippen LogP contribution in [-0.2, 0) is 0 Å². The second kappa shape index (κ2) is 5.68. The molecule has 3 N–H and O–H groups in total. The van der Waals surface area contributed by atoms with E-state index in [0.29, 0.717) is 5.92 Å². The minimum Gasteiger partial charge on any atom is -0.334 e. The van der Waals surface area contributed by atoms with Crippen molar-refractivity contribution in [1.29, 1.82) is 0 Å². The molecule has 1 aliphatic rings. The fraction of sp³-hybridized carbons (Fsp3) is 0.462. The number of carbonyl (C=O) groups excluding carboxylic acids is 1. The van der Waals surface area contributed by atoms with E-state index in [1.54, 1.807) is 0 Å². The third-order valence-electron chi connectivity index (χ3n) is 2.94. The number of benzene rings is 1. The Morgan fingerprint density at radius 1 is 1.29 bits per heavy atom. The molecule has 1 fully saturated rings. The molecule has 0 spiro atoms. The van der Waals surface area contributed by atoms with Crippen molar-refractivity contribution in [3.63, 3.8) is 0 Å². The zero-order valence-electron chi connectivity index (χ0n) is 10.1. The zero-order chi connectivity index (χ0) is 12.1. The molecule has 2 unspecified atom stereocenters. The fourth-order valence-corrected chi connectivity index (χ4v) is 2.14. The minimum absolute atomic E-state index is 0.128. The van der Waals surface area contributed by atoms with Crippen LogP contribution >= 0.6 is 0 Å². The summed E-state index contributed by atoms with van der Waals surface area (Å²) in [6.45, 7) is 4.08. The number of hydrogen-bond donors (Lipinski definition) is 3. The number of piperidine rings is 1. The van der Waals surface area contributed by atoms with Crippen molar-refractivity contribution in [2.75, 3.05) is 18.4 Å². The topological polar surface area (TPSA) is 53.2 Å². The summed E-state index contributed by atoms with van der Waals surface area (Å²) >= 11 is 0. The monoisotopic (exact) mass is 233 g/mol. The third kappa shape index (κ3) is 3.75. The van der Waals surface area contributed by atoms with Crippen molar-refractivity contribution in [3.05, 3.63) is 30.3 Å². The molecule has 1 aromatic rings. The molecule has 0 aromatic heterocycles. The van der Waals surface area contributed by atoms with E-state index in [1.165, 1.54) is 0 Å². The zero-order valence-corrected chi connectivity index (χ0v) is 10.1. The maximum atomic E-state index is 11.7. The molecule has 4 nitrogen and oxygen atoms in total. The molecular formula is C13H19N3O. The van der Waals surface area contributed by atoms with E-state index in [4.69, 9.17) is 0 Å². The number of anilines is 1. The van der Waals surface area contributed by atoms with Gasteiger partial charge in [0.25, 0.3) is 0 Å². The van der Waals surface area contributed by atoms with Crippen LogP contribution in [0, 0.1) is 5.92 Å². The second-order valence-corrected chi connectivity index (χ2v) is 4.66. The summed E-state index contributed by atoms with van der Waals surface area (Å²) in [5.74, 6) is 0.616. The van der Waals surface area contributed by atoms with Gasteiger partial charge in [-0.25, -0.2) is 4.79 Å². The summed E-state index contributed by atoms with van der Waals surface area (Å²) in [4.78, 5) is 11.7. The third-order valence-corrected chi connectivity index (χ3v) is 2.94. The highest BCUT2D eigenvalue weighted by atomic mass is 16.2. The van der Waals surface area contributed by atoms with Crippen LogP contribution in [0.3, 0.4) is 0 Å². The first kappa shape index (κ1) is 11.9. The summed E-state index contributed by atoms with van der Waals surface area (Å²) in [5, 5.41) is 9.12. The molecule has 1 aliphatic heterocycles. The molecule has 2 atom stereocenters. The van der Waals surface area contributed by atoms with Gasteiger partial charge in [0.1, 0.15) is 0 Å². The first-order chi connectivity index (χ1) is 8.24. The summed E-state index contributed by atoms with van der Waals surface area (Å²) in [5.41, 5.74) is 0.821. The summed E-state index contributed by atoms with van der Waals surface area (Å²) in [6, 6.07) is 9.58. The highest BCUT2D eigenvalue weighted by molar-refractivity contribution is 5.89. The summed E-state index contributed by atoms with van der Waals surface area (Å²) in [6.07, 6.45) is 1.04. The van der Waals surface area contributed by atoms with Gasteiger partial charge in [-0.05, 0) is 31.0 Å². The van der Waals surface area contributed by atoms with Gasteiger partial charge in [0.05, 0.1) is 0 Å². The van der Waals surface area contributed by atoms with E-state index in [2.05, 4.69) is 22.9 Å². The Hall–Kier alpha value is -1.55. The van der Waals surface area contributed by atoms with Crippen molar-refractivity contribution in [2.24, 2.45) is 5.92 Å². The van der Waals surface area contributed by atoms with Gasteiger partial charge in [-0.1, -0.05) is 25.1 Å². The van der Waals surface area contributed by atoms with Crippen molar-refractivity contribution in [2.45, 2.75) is 19.4 Å². The van der Waals surface area contributed by atoms with Crippen LogP contribution in [0.5, 0.6) is 0 Å². The van der Waals surface area contributed by atoms with Gasteiger partial charge in [-0.2, -0.15) is 0 Å². The van der Waals surface area contributed by atoms with Gasteiger partial charge in [0.2, 0.25) is 0 Å². The molecule has 4 heteroatoms. The lowest BCUT2D eigenvalue weighted by Gasteiger charge is -2.28. The lowest BCUT2D eigenvalue weighted by atomic mass is 9.98. The first-order valence-electron chi connectivity index (χ1n) is 6.07. The number of carbonyl (C=O) groups is 1. The van der Waals surface area contributed by atoms with Gasteiger partial charge in [0, 0.05) is 18.3 Å². The number of rotatable bonds is 2. The number of urea groups is 1. The normalized spacial score (nSPS) is 24.1. The lowest BCUT2D eigenvalue weighted by Crippen LogP contribution is -2.49. The van der Waals surface area contributed by atoms with Gasteiger partial charge >= 0.3 is 6.03 Å². The van der Waals surface area contributed by atoms with Crippen LogP contribution in [0.25, 0.3) is 0 Å². The standard InChI is InChI=1S/C13H19N3O/c1-10-7-12(9-14-8-10)16-13(17)15-11-5-3-2-4-6-11/h2-6,10,12,14H,7-9H2,1H3,(H2,15,16,17). The van der Waals surface area contributed by atoms with E-state index < -0.39 is 0 Å². The molecule has 1 aromatic carbocycles. The number of amides is 2. The predicted octanol–water partition coefficient (Wildman–Crippen LogP) is 1.81. The van der Waals surface area contributed by atoms with Crippen molar-refractivity contribution < 1.29 is 4.79 Å². The molecule has 0 radical (unpaired) electrons. The van der Waals surface area contributed by atoms with Crippen LogP contribution in [-0.4, -0.2) is 25.2 Å². The lowest BCUT2D eigenvalue weighted by molar-refractivity contribution is 0.241. The smallest absolute Gasteiger partial charge is 0.319 e. The molecule has 2 rings (SSSR count). The predicted molar refractivity (Wildman–Crippen MR) is 69.0 cm³/mol. The van der Waals surface area contributed by atoms with Gasteiger partial charge < -0.3 is 16.0 Å². The Labute approximate surface area is 102 Å². The van der Waals surface area contributed by atoms with Crippen molar-refractivity contribution >= 4 is 11.7 Å². The molecule has 1 heterocycles. The van der Waals surface area contributed by atoms with E-state index >= 15 is 0 Å². The van der Waals surface area contributed by atoms with E-state index in [9.17, 15) is 4.79 Å². The Morgan fingerprint density at radius 2 is 2.06 bits per heavy atom. The minimum atomic E-state index is -0.128. The number of hydrogen-bond acceptors (Lipinski definition) is 2. The summed E-state index contributed by atoms with van der Waals surface area (Å²) in [7, 11) is 0. The van der Waals surface area contributed by atoms with E-state index in [-0.39, 0.29) is 12.1 Å². The van der Waals surface area contributed by atoms with Crippen molar-refractivity contribution in [1.82, 2.24) is 10.6 Å². The Bertz CT molecular complexity index is 366. The van der Waals surface area contributed by atoms with E-state index in [1.807, 2.05) is 30.3 Å². The van der Waals surface area contributed by atoms with E-state index in [0.717, 1.165) is 25.2 Å². The quantitative estimate of drug-likeness (QED) is 0.729. The molecule has 2 amide bonds. The Balaban J connectivity index is 1.81. The largest absolute Gasteiger partial charge is 0.334 e. The maximum absolute atomic E-state index is 11.7. The van der Waals surface area contributed by atoms with Crippen LogP contribution in [0.4, 0.5) is 10.5 Å². The number of para-hydroxylation sites is 1. The van der Waals surface area contributed by atoms with Crippen molar-refractivity contribution in [3.8, 4) is 0 Å². The second-order valence-electron chi connectivity index (χ2n) is 4.66. The molecular weight excluding hydrogens is 214 g/mol. The maximum Gasteiger partial charge on any atom is 0.319 e. The molecule has 92 valence electrons.